The van der Waals surface area contributed by atoms with Crippen molar-refractivity contribution in [3.8, 4) is 0 Å². The second-order valence-corrected chi connectivity index (χ2v) is 7.43. The molecule has 1 aliphatic heterocycles. The first-order valence-corrected chi connectivity index (χ1v) is 8.20. The third-order valence-electron chi connectivity index (χ3n) is 4.77. The third-order valence-corrected chi connectivity index (χ3v) is 5.29. The van der Waals surface area contributed by atoms with Crippen LogP contribution in [-0.4, -0.2) is 27.9 Å². The Morgan fingerprint density at radius 3 is 2.55 bits per heavy atom. The van der Waals surface area contributed by atoms with Gasteiger partial charge in [-0.3, -0.25) is 4.79 Å². The molecular weight excluding hydrogens is 344 g/mol. The zero-order chi connectivity index (χ0) is 16.1. The molecule has 1 aromatic rings. The van der Waals surface area contributed by atoms with Gasteiger partial charge in [0, 0.05) is 28.4 Å². The summed E-state index contributed by atoms with van der Waals surface area (Å²) in [4.78, 5) is 12.3. The first kappa shape index (κ1) is 15.6. The molecule has 1 heterocycles. The predicted octanol–water partition coefficient (Wildman–Crippen LogP) is 3.34. The minimum atomic E-state index is -1.10. The topological polar surface area (TPSA) is 62.0 Å². The van der Waals surface area contributed by atoms with E-state index in [-0.39, 0.29) is 17.6 Å². The molecule has 4 atom stereocenters. The van der Waals surface area contributed by atoms with Gasteiger partial charge in [-0.05, 0) is 38.5 Å². The number of carbonyl (C=O) groups is 1. The van der Waals surface area contributed by atoms with Crippen molar-refractivity contribution in [2.24, 2.45) is 22.0 Å². The summed E-state index contributed by atoms with van der Waals surface area (Å²) < 4.78 is 0.990. The maximum Gasteiger partial charge on any atom is 0.136 e. The highest BCUT2D eigenvalue weighted by Crippen LogP contribution is 2.48. The normalized spacial score (nSPS) is 34.0. The number of Topliss-reactive ketones (excluding diaryl/α,β-unsaturated/α-hetero) is 1. The van der Waals surface area contributed by atoms with Crippen molar-refractivity contribution in [1.82, 2.24) is 0 Å². The zero-order valence-corrected chi connectivity index (χ0v) is 14.5. The number of hydrogen-bond donors (Lipinski definition) is 1. The van der Waals surface area contributed by atoms with E-state index in [9.17, 15) is 9.90 Å². The molecule has 3 rings (SSSR count). The molecule has 1 fully saturated rings. The van der Waals surface area contributed by atoms with Crippen molar-refractivity contribution < 1.29 is 9.90 Å². The van der Waals surface area contributed by atoms with Crippen LogP contribution in [0.5, 0.6) is 0 Å². The third kappa shape index (κ3) is 2.46. The molecule has 0 radical (unpaired) electrons. The van der Waals surface area contributed by atoms with Crippen molar-refractivity contribution in [3.63, 3.8) is 0 Å². The number of fused-ring (bicyclic) bond motifs is 1. The summed E-state index contributed by atoms with van der Waals surface area (Å²) in [6.45, 7) is 5.25. The van der Waals surface area contributed by atoms with E-state index in [2.05, 4.69) is 26.1 Å². The van der Waals surface area contributed by atoms with Gasteiger partial charge in [0.25, 0.3) is 0 Å². The van der Waals surface area contributed by atoms with Gasteiger partial charge in [-0.1, -0.05) is 28.1 Å². The molecule has 4 nitrogen and oxygen atoms in total. The van der Waals surface area contributed by atoms with E-state index < -0.39 is 11.5 Å². The van der Waals surface area contributed by atoms with E-state index >= 15 is 0 Å². The first-order chi connectivity index (χ1) is 10.3. The van der Waals surface area contributed by atoms with Crippen LogP contribution in [0.4, 0.5) is 0 Å². The molecule has 0 aromatic heterocycles. The van der Waals surface area contributed by atoms with Gasteiger partial charge in [-0.15, -0.1) is 0 Å². The molecule has 1 saturated carbocycles. The van der Waals surface area contributed by atoms with Gasteiger partial charge in [-0.25, -0.2) is 0 Å². The van der Waals surface area contributed by atoms with Crippen LogP contribution in [0.25, 0.3) is 0 Å². The lowest BCUT2D eigenvalue weighted by atomic mass is 9.59. The van der Waals surface area contributed by atoms with Crippen LogP contribution in [0.3, 0.4) is 0 Å². The van der Waals surface area contributed by atoms with Gasteiger partial charge in [0.15, 0.2) is 0 Å². The van der Waals surface area contributed by atoms with Crippen molar-refractivity contribution in [1.29, 1.82) is 0 Å². The number of ketones is 1. The summed E-state index contributed by atoms with van der Waals surface area (Å²) in [7, 11) is 0. The summed E-state index contributed by atoms with van der Waals surface area (Å²) in [5, 5.41) is 19.3. The van der Waals surface area contributed by atoms with E-state index in [0.717, 1.165) is 21.5 Å². The van der Waals surface area contributed by atoms with Crippen LogP contribution in [0.1, 0.15) is 38.7 Å². The van der Waals surface area contributed by atoms with Gasteiger partial charge in [-0.2, -0.15) is 10.2 Å². The zero-order valence-electron chi connectivity index (χ0n) is 12.9. The highest BCUT2D eigenvalue weighted by atomic mass is 79.9. The Morgan fingerprint density at radius 1 is 1.32 bits per heavy atom. The second-order valence-electron chi connectivity index (χ2n) is 6.51. The smallest absolute Gasteiger partial charge is 0.136 e. The van der Waals surface area contributed by atoms with E-state index in [1.54, 1.807) is 13.8 Å². The Bertz CT molecular complexity index is 676. The average molecular weight is 363 g/mol. The summed E-state index contributed by atoms with van der Waals surface area (Å²) in [5.41, 5.74) is 1.74. The van der Waals surface area contributed by atoms with E-state index in [4.69, 9.17) is 0 Å². The monoisotopic (exact) mass is 362 g/mol. The van der Waals surface area contributed by atoms with Gasteiger partial charge >= 0.3 is 0 Å². The predicted molar refractivity (Wildman–Crippen MR) is 90.3 cm³/mol. The molecule has 116 valence electrons. The maximum absolute atomic E-state index is 12.3. The number of halogens is 1. The summed E-state index contributed by atoms with van der Waals surface area (Å²) in [6.07, 6.45) is 0.399. The minimum absolute atomic E-state index is 0.00954. The van der Waals surface area contributed by atoms with Crippen LogP contribution in [-0.2, 0) is 4.79 Å². The van der Waals surface area contributed by atoms with Crippen molar-refractivity contribution >= 4 is 33.1 Å². The molecule has 0 spiro atoms. The molecule has 22 heavy (non-hydrogen) atoms. The number of rotatable bonds is 2. The molecule has 0 unspecified atom stereocenters. The molecule has 1 aliphatic carbocycles. The molecule has 1 N–H and O–H groups in total. The van der Waals surface area contributed by atoms with Gasteiger partial charge in [0.05, 0.1) is 17.2 Å². The van der Waals surface area contributed by atoms with E-state index in [0.29, 0.717) is 6.42 Å². The van der Waals surface area contributed by atoms with Crippen molar-refractivity contribution in [3.05, 3.63) is 34.3 Å². The van der Waals surface area contributed by atoms with Crippen LogP contribution in [0.2, 0.25) is 0 Å². The lowest BCUT2D eigenvalue weighted by Crippen LogP contribution is -2.53. The average Bonchev–Trinajstić information content (AvgIpc) is 2.77. The van der Waals surface area contributed by atoms with Gasteiger partial charge in [0.1, 0.15) is 5.78 Å². The highest BCUT2D eigenvalue weighted by Gasteiger charge is 2.53. The van der Waals surface area contributed by atoms with E-state index in [1.165, 1.54) is 0 Å². The Labute approximate surface area is 138 Å². The van der Waals surface area contributed by atoms with Crippen LogP contribution < -0.4 is 0 Å². The Balaban J connectivity index is 2.14. The molecule has 0 saturated heterocycles. The number of benzene rings is 1. The van der Waals surface area contributed by atoms with Crippen molar-refractivity contribution in [2.75, 3.05) is 0 Å². The van der Waals surface area contributed by atoms with Crippen LogP contribution >= 0.6 is 15.9 Å². The molecule has 1 aromatic carbocycles. The fourth-order valence-corrected chi connectivity index (χ4v) is 4.20. The number of aliphatic hydroxyl groups is 1. The van der Waals surface area contributed by atoms with Crippen molar-refractivity contribution in [2.45, 2.75) is 38.7 Å². The molecule has 2 aliphatic rings. The maximum atomic E-state index is 12.3. The molecule has 0 amide bonds. The van der Waals surface area contributed by atoms with Crippen LogP contribution in [0.15, 0.2) is 38.9 Å². The largest absolute Gasteiger partial charge is 0.389 e. The molecule has 0 bridgehead atoms. The lowest BCUT2D eigenvalue weighted by Gasteiger charge is -2.45. The fourth-order valence-electron chi connectivity index (χ4n) is 3.94. The Hall–Kier alpha value is -1.33. The van der Waals surface area contributed by atoms with E-state index in [1.807, 2.05) is 31.2 Å². The standard InChI is InChI=1S/C17H19BrN2O2/c1-9-14-13(20-19-9)8-17(3,22)16(10(2)21)15(14)11-4-6-12(18)7-5-11/h4-7,14-16,22H,8H2,1-3H3/t14-,15-,16+,17+/m0/s1. The molecular formula is C17H19BrN2O2. The SMILES string of the molecule is CC(=O)[C@@H]1[C@@H](c2ccc(Br)cc2)[C@H]2C(C)=NN=C2C[C@@]1(C)O. The second kappa shape index (κ2) is 5.39. The Kier molecular flexibility index (Phi) is 3.81. The fraction of sp³-hybridized carbons (Fsp3) is 0.471. The number of nitrogens with zero attached hydrogens (tertiary/aromatic N) is 2. The Morgan fingerprint density at radius 2 is 1.95 bits per heavy atom. The molecule has 5 heteroatoms. The van der Waals surface area contributed by atoms with Gasteiger partial charge < -0.3 is 5.11 Å². The first-order valence-electron chi connectivity index (χ1n) is 7.40. The summed E-state index contributed by atoms with van der Waals surface area (Å²) in [5.74, 6) is -0.563. The van der Waals surface area contributed by atoms with Crippen LogP contribution in [0, 0.1) is 11.8 Å². The number of hydrogen-bond acceptors (Lipinski definition) is 4. The summed E-state index contributed by atoms with van der Waals surface area (Å²) >= 11 is 3.44. The summed E-state index contributed by atoms with van der Waals surface area (Å²) in [6, 6.07) is 7.95. The van der Waals surface area contributed by atoms with Gasteiger partial charge in [0.2, 0.25) is 0 Å². The number of carbonyl (C=O) groups excluding carboxylic acids is 1. The quantitative estimate of drug-likeness (QED) is 0.876. The minimum Gasteiger partial charge on any atom is -0.389 e. The lowest BCUT2D eigenvalue weighted by molar-refractivity contribution is -0.131. The highest BCUT2D eigenvalue weighted by molar-refractivity contribution is 9.10.